The number of carbonyl (C=O) groups excluding carboxylic acids is 2. The van der Waals surface area contributed by atoms with Gasteiger partial charge in [-0.25, -0.2) is 0 Å². The van der Waals surface area contributed by atoms with Crippen molar-refractivity contribution >= 4 is 40.9 Å². The summed E-state index contributed by atoms with van der Waals surface area (Å²) in [6, 6.07) is 12.0. The number of carbonyl (C=O) groups is 2. The van der Waals surface area contributed by atoms with Gasteiger partial charge >= 0.3 is 0 Å². The molecule has 0 aliphatic carbocycles. The third-order valence-corrected chi connectivity index (χ3v) is 4.65. The summed E-state index contributed by atoms with van der Waals surface area (Å²) in [5, 5.41) is 23.0. The minimum atomic E-state index is -0.682. The number of amides is 2. The van der Waals surface area contributed by atoms with Crippen LogP contribution in [-0.2, 0) is 4.79 Å². The molecule has 0 spiro atoms. The molecule has 3 aromatic rings. The highest BCUT2D eigenvalue weighted by molar-refractivity contribution is 7.99. The number of hydrogen-bond donors (Lipinski definition) is 2. The van der Waals surface area contributed by atoms with Gasteiger partial charge in [0.2, 0.25) is 11.1 Å². The van der Waals surface area contributed by atoms with Crippen LogP contribution >= 0.6 is 23.4 Å². The van der Waals surface area contributed by atoms with E-state index < -0.39 is 16.7 Å². The van der Waals surface area contributed by atoms with Crippen molar-refractivity contribution in [2.45, 2.75) is 5.16 Å². The number of tetrazole rings is 1. The fourth-order valence-corrected chi connectivity index (χ4v) is 2.96. The van der Waals surface area contributed by atoms with Crippen molar-refractivity contribution in [3.8, 4) is 5.69 Å². The van der Waals surface area contributed by atoms with E-state index in [9.17, 15) is 19.7 Å². The van der Waals surface area contributed by atoms with Gasteiger partial charge in [0.15, 0.2) is 0 Å². The van der Waals surface area contributed by atoms with Crippen LogP contribution in [0.2, 0.25) is 5.02 Å². The Morgan fingerprint density at radius 3 is 2.66 bits per heavy atom. The minimum Gasteiger partial charge on any atom is -0.272 e. The zero-order chi connectivity index (χ0) is 20.8. The van der Waals surface area contributed by atoms with Crippen molar-refractivity contribution in [3.05, 3.63) is 69.2 Å². The Kier molecular flexibility index (Phi) is 6.36. The third kappa shape index (κ3) is 5.27. The molecule has 0 aliphatic heterocycles. The van der Waals surface area contributed by atoms with Crippen molar-refractivity contribution in [2.75, 3.05) is 5.75 Å². The molecule has 29 heavy (non-hydrogen) atoms. The van der Waals surface area contributed by atoms with Gasteiger partial charge in [-0.3, -0.25) is 30.6 Å². The summed E-state index contributed by atoms with van der Waals surface area (Å²) in [6.07, 6.45) is 0. The molecule has 0 atom stereocenters. The Bertz CT molecular complexity index is 1060. The average molecular weight is 434 g/mol. The summed E-state index contributed by atoms with van der Waals surface area (Å²) in [5.74, 6) is -1.28. The first-order chi connectivity index (χ1) is 13.9. The van der Waals surface area contributed by atoms with Crippen molar-refractivity contribution < 1.29 is 14.5 Å². The van der Waals surface area contributed by atoms with E-state index in [1.165, 1.54) is 22.9 Å². The molecule has 0 saturated heterocycles. The van der Waals surface area contributed by atoms with E-state index in [0.717, 1.165) is 17.8 Å². The molecule has 0 radical (unpaired) electrons. The van der Waals surface area contributed by atoms with Gasteiger partial charge in [-0.1, -0.05) is 29.4 Å². The molecular formula is C16H12ClN7O4S. The number of nitro groups is 1. The molecule has 0 unspecified atom stereocenters. The van der Waals surface area contributed by atoms with Crippen LogP contribution in [0.3, 0.4) is 0 Å². The number of nitro benzene ring substituents is 1. The molecule has 2 aromatic carbocycles. The highest BCUT2D eigenvalue weighted by Gasteiger charge is 2.14. The van der Waals surface area contributed by atoms with E-state index in [-0.39, 0.29) is 17.0 Å². The quantitative estimate of drug-likeness (QED) is 0.340. The second kappa shape index (κ2) is 9.12. The van der Waals surface area contributed by atoms with Gasteiger partial charge in [-0.15, -0.1) is 5.10 Å². The maximum absolute atomic E-state index is 12.0. The van der Waals surface area contributed by atoms with Gasteiger partial charge < -0.3 is 0 Å². The zero-order valence-corrected chi connectivity index (χ0v) is 16.1. The number of non-ortho nitro benzene ring substituents is 1. The second-order valence-electron chi connectivity index (χ2n) is 5.45. The monoisotopic (exact) mass is 433 g/mol. The van der Waals surface area contributed by atoms with E-state index >= 15 is 0 Å². The Labute approximate surface area is 172 Å². The lowest BCUT2D eigenvalue weighted by molar-refractivity contribution is -0.384. The molecule has 0 fully saturated rings. The number of benzene rings is 2. The summed E-state index contributed by atoms with van der Waals surface area (Å²) in [6.45, 7) is 0. The lowest BCUT2D eigenvalue weighted by atomic mass is 10.2. The fraction of sp³-hybridized carbons (Fsp3) is 0.0625. The van der Waals surface area contributed by atoms with Crippen LogP contribution in [0.5, 0.6) is 0 Å². The van der Waals surface area contributed by atoms with E-state index in [1.54, 1.807) is 24.3 Å². The predicted molar refractivity (Wildman–Crippen MR) is 104 cm³/mol. The summed E-state index contributed by atoms with van der Waals surface area (Å²) >= 11 is 6.91. The van der Waals surface area contributed by atoms with Gasteiger partial charge in [0.05, 0.1) is 16.4 Å². The first-order valence-corrected chi connectivity index (χ1v) is 9.31. The largest absolute Gasteiger partial charge is 0.272 e. The van der Waals surface area contributed by atoms with Gasteiger partial charge in [-0.05, 0) is 40.8 Å². The van der Waals surface area contributed by atoms with E-state index in [0.29, 0.717) is 15.9 Å². The van der Waals surface area contributed by atoms with Crippen molar-refractivity contribution in [1.82, 2.24) is 31.1 Å². The molecule has 2 amide bonds. The number of aromatic nitrogens is 4. The van der Waals surface area contributed by atoms with E-state index in [4.69, 9.17) is 11.6 Å². The van der Waals surface area contributed by atoms with Crippen LogP contribution in [0, 0.1) is 10.1 Å². The Hall–Kier alpha value is -3.51. The van der Waals surface area contributed by atoms with Crippen LogP contribution < -0.4 is 10.9 Å². The standard InChI is InChI=1S/C16H12ClN7O4S/c17-11-4-6-12(7-5-11)23-16(20-21-22-23)29-9-14(25)18-19-15(26)10-2-1-3-13(8-10)24(27)28/h1-8H,9H2,(H,18,25)(H,19,26). The zero-order valence-electron chi connectivity index (χ0n) is 14.5. The van der Waals surface area contributed by atoms with Crippen LogP contribution in [-0.4, -0.2) is 42.7 Å². The van der Waals surface area contributed by atoms with Gasteiger partial charge in [0.25, 0.3) is 11.6 Å². The number of hydrazine groups is 1. The number of rotatable bonds is 6. The molecule has 1 heterocycles. The first-order valence-electron chi connectivity index (χ1n) is 7.95. The number of halogens is 1. The second-order valence-corrected chi connectivity index (χ2v) is 6.83. The molecule has 11 nitrogen and oxygen atoms in total. The van der Waals surface area contributed by atoms with Crippen LogP contribution in [0.15, 0.2) is 53.7 Å². The SMILES string of the molecule is O=C(CSc1nnnn1-c1ccc(Cl)cc1)NNC(=O)c1cccc([N+](=O)[O-])c1. The van der Waals surface area contributed by atoms with E-state index in [2.05, 4.69) is 26.4 Å². The Morgan fingerprint density at radius 2 is 1.93 bits per heavy atom. The molecule has 1 aromatic heterocycles. The van der Waals surface area contributed by atoms with Gasteiger partial charge in [-0.2, -0.15) is 4.68 Å². The molecular weight excluding hydrogens is 422 g/mol. The number of nitrogens with one attached hydrogen (secondary N) is 2. The maximum Gasteiger partial charge on any atom is 0.270 e. The molecule has 0 aliphatic rings. The summed E-state index contributed by atoms with van der Waals surface area (Å²) < 4.78 is 1.44. The van der Waals surface area contributed by atoms with E-state index in [1.807, 2.05) is 0 Å². The normalized spacial score (nSPS) is 10.4. The van der Waals surface area contributed by atoms with Crippen LogP contribution in [0.25, 0.3) is 5.69 Å². The van der Waals surface area contributed by atoms with Gasteiger partial charge in [0, 0.05) is 22.7 Å². The molecule has 0 bridgehead atoms. The summed E-state index contributed by atoms with van der Waals surface area (Å²) in [4.78, 5) is 34.2. The number of nitrogens with zero attached hydrogens (tertiary/aromatic N) is 5. The summed E-state index contributed by atoms with van der Waals surface area (Å²) in [5.41, 5.74) is 4.91. The molecule has 13 heteroatoms. The third-order valence-electron chi connectivity index (χ3n) is 3.48. The molecule has 0 saturated carbocycles. The lowest BCUT2D eigenvalue weighted by Crippen LogP contribution is -2.42. The number of hydrogen-bond acceptors (Lipinski definition) is 8. The Morgan fingerprint density at radius 1 is 1.17 bits per heavy atom. The molecule has 3 rings (SSSR count). The average Bonchev–Trinajstić information content (AvgIpc) is 3.19. The maximum atomic E-state index is 12.0. The highest BCUT2D eigenvalue weighted by Crippen LogP contribution is 2.19. The smallest absolute Gasteiger partial charge is 0.270 e. The van der Waals surface area contributed by atoms with Crippen molar-refractivity contribution in [3.63, 3.8) is 0 Å². The molecule has 148 valence electrons. The molecule has 2 N–H and O–H groups in total. The fourth-order valence-electron chi connectivity index (χ4n) is 2.14. The Balaban J connectivity index is 1.54. The predicted octanol–water partition coefficient (Wildman–Crippen LogP) is 1.78. The first kappa shape index (κ1) is 20.2. The summed E-state index contributed by atoms with van der Waals surface area (Å²) in [7, 11) is 0. The van der Waals surface area contributed by atoms with Gasteiger partial charge in [0.1, 0.15) is 0 Å². The van der Waals surface area contributed by atoms with Crippen molar-refractivity contribution in [1.29, 1.82) is 0 Å². The minimum absolute atomic E-state index is 0.0406. The van der Waals surface area contributed by atoms with Crippen LogP contribution in [0.1, 0.15) is 10.4 Å². The lowest BCUT2D eigenvalue weighted by Gasteiger charge is -2.07. The van der Waals surface area contributed by atoms with Crippen LogP contribution in [0.4, 0.5) is 5.69 Å². The topological polar surface area (TPSA) is 145 Å². The van der Waals surface area contributed by atoms with Crippen molar-refractivity contribution in [2.24, 2.45) is 0 Å². The highest BCUT2D eigenvalue weighted by atomic mass is 35.5. The number of thioether (sulfide) groups is 1.